The summed E-state index contributed by atoms with van der Waals surface area (Å²) in [5.74, 6) is 2.02. The quantitative estimate of drug-likeness (QED) is 0.809. The number of hydrogen-bond donors (Lipinski definition) is 2. The molecule has 0 aliphatic heterocycles. The number of anilines is 3. The van der Waals surface area contributed by atoms with Gasteiger partial charge in [0, 0.05) is 23.0 Å². The fourth-order valence-corrected chi connectivity index (χ4v) is 2.66. The van der Waals surface area contributed by atoms with E-state index in [1.54, 1.807) is 18.2 Å². The Hall–Kier alpha value is -1.52. The number of rotatable bonds is 5. The highest BCUT2D eigenvalue weighted by Crippen LogP contribution is 2.40. The van der Waals surface area contributed by atoms with E-state index in [0.717, 1.165) is 17.2 Å². The summed E-state index contributed by atoms with van der Waals surface area (Å²) < 4.78 is 0. The van der Waals surface area contributed by atoms with Crippen LogP contribution in [0.1, 0.15) is 37.3 Å². The molecule has 0 amide bonds. The molecule has 0 saturated heterocycles. The second-order valence-electron chi connectivity index (χ2n) is 5.94. The van der Waals surface area contributed by atoms with Gasteiger partial charge in [0.25, 0.3) is 0 Å². The third kappa shape index (κ3) is 3.28. The highest BCUT2D eigenvalue weighted by atomic mass is 35.5. The smallest absolute Gasteiger partial charge is 0.225 e. The summed E-state index contributed by atoms with van der Waals surface area (Å²) >= 11 is 12.3. The molecular formula is C16H16Cl2N4. The summed E-state index contributed by atoms with van der Waals surface area (Å²) in [5, 5.41) is 7.89. The Balaban J connectivity index is 1.64. The monoisotopic (exact) mass is 334 g/mol. The average Bonchev–Trinajstić information content (AvgIpc) is 3.35. The minimum atomic E-state index is 0.525. The molecule has 1 aromatic heterocycles. The van der Waals surface area contributed by atoms with Gasteiger partial charge < -0.3 is 10.6 Å². The fourth-order valence-electron chi connectivity index (χ4n) is 2.32. The maximum atomic E-state index is 6.21. The molecular weight excluding hydrogens is 319 g/mol. The number of halogens is 2. The van der Waals surface area contributed by atoms with Crippen molar-refractivity contribution in [2.24, 2.45) is 0 Å². The molecule has 0 atom stereocenters. The van der Waals surface area contributed by atoms with Crippen molar-refractivity contribution in [1.82, 2.24) is 9.97 Å². The highest BCUT2D eigenvalue weighted by Gasteiger charge is 2.28. The molecule has 0 spiro atoms. The molecule has 2 saturated carbocycles. The Morgan fingerprint density at radius 2 is 1.82 bits per heavy atom. The topological polar surface area (TPSA) is 49.8 Å². The second-order valence-corrected chi connectivity index (χ2v) is 6.79. The van der Waals surface area contributed by atoms with Crippen LogP contribution in [0.25, 0.3) is 0 Å². The number of hydrogen-bond acceptors (Lipinski definition) is 4. The van der Waals surface area contributed by atoms with E-state index in [2.05, 4.69) is 20.6 Å². The molecule has 6 heteroatoms. The molecule has 114 valence electrons. The lowest BCUT2D eigenvalue weighted by atomic mass is 10.2. The molecule has 4 rings (SSSR count). The van der Waals surface area contributed by atoms with Crippen molar-refractivity contribution in [2.75, 3.05) is 10.6 Å². The zero-order valence-corrected chi connectivity index (χ0v) is 13.5. The summed E-state index contributed by atoms with van der Waals surface area (Å²) in [6.45, 7) is 0. The van der Waals surface area contributed by atoms with E-state index >= 15 is 0 Å². The van der Waals surface area contributed by atoms with Gasteiger partial charge in [0.15, 0.2) is 0 Å². The van der Waals surface area contributed by atoms with Crippen molar-refractivity contribution in [3.05, 3.63) is 40.0 Å². The highest BCUT2D eigenvalue weighted by molar-refractivity contribution is 6.35. The summed E-state index contributed by atoms with van der Waals surface area (Å²) in [6, 6.07) is 7.88. The summed E-state index contributed by atoms with van der Waals surface area (Å²) in [4.78, 5) is 9.19. The van der Waals surface area contributed by atoms with Crippen molar-refractivity contribution in [3.8, 4) is 0 Å². The largest absolute Gasteiger partial charge is 0.351 e. The molecule has 22 heavy (non-hydrogen) atoms. The van der Waals surface area contributed by atoms with Crippen molar-refractivity contribution in [3.63, 3.8) is 0 Å². The van der Waals surface area contributed by atoms with Crippen molar-refractivity contribution < 1.29 is 0 Å². The summed E-state index contributed by atoms with van der Waals surface area (Å²) in [7, 11) is 0. The van der Waals surface area contributed by atoms with E-state index in [9.17, 15) is 0 Å². The third-order valence-corrected chi connectivity index (χ3v) is 4.41. The van der Waals surface area contributed by atoms with Crippen LogP contribution < -0.4 is 10.6 Å². The van der Waals surface area contributed by atoms with Crippen LogP contribution in [0, 0.1) is 0 Å². The number of aromatic nitrogens is 2. The molecule has 0 unspecified atom stereocenters. The van der Waals surface area contributed by atoms with Gasteiger partial charge in [0.05, 0.1) is 16.4 Å². The maximum absolute atomic E-state index is 6.21. The molecule has 2 aliphatic carbocycles. The Kier molecular flexibility index (Phi) is 3.59. The zero-order valence-electron chi connectivity index (χ0n) is 11.9. The van der Waals surface area contributed by atoms with Crippen LogP contribution in [0.4, 0.5) is 17.5 Å². The summed E-state index contributed by atoms with van der Waals surface area (Å²) in [6.07, 6.45) is 4.80. The third-order valence-electron chi connectivity index (χ3n) is 3.84. The molecule has 1 aromatic carbocycles. The van der Waals surface area contributed by atoms with Gasteiger partial charge in [-0.3, -0.25) is 0 Å². The molecule has 2 fully saturated rings. The number of benzene rings is 1. The normalized spacial score (nSPS) is 17.4. The van der Waals surface area contributed by atoms with Gasteiger partial charge in [-0.15, -0.1) is 0 Å². The molecule has 2 N–H and O–H groups in total. The minimum Gasteiger partial charge on any atom is -0.351 e. The maximum Gasteiger partial charge on any atom is 0.225 e. The molecule has 0 bridgehead atoms. The van der Waals surface area contributed by atoms with E-state index in [4.69, 9.17) is 23.2 Å². The lowest BCUT2D eigenvalue weighted by Gasteiger charge is -2.12. The molecule has 2 aliphatic rings. The predicted octanol–water partition coefficient (Wildman–Crippen LogP) is 4.98. The van der Waals surface area contributed by atoms with Gasteiger partial charge in [-0.25, -0.2) is 4.98 Å². The van der Waals surface area contributed by atoms with Crippen molar-refractivity contribution in [1.29, 1.82) is 0 Å². The van der Waals surface area contributed by atoms with Gasteiger partial charge in [-0.05, 0) is 43.9 Å². The van der Waals surface area contributed by atoms with Gasteiger partial charge >= 0.3 is 0 Å². The van der Waals surface area contributed by atoms with Crippen LogP contribution in [0.2, 0.25) is 10.0 Å². The van der Waals surface area contributed by atoms with Crippen LogP contribution >= 0.6 is 23.2 Å². The average molecular weight is 335 g/mol. The van der Waals surface area contributed by atoms with E-state index in [1.807, 2.05) is 6.07 Å². The van der Waals surface area contributed by atoms with Gasteiger partial charge in [0.1, 0.15) is 5.82 Å². The second kappa shape index (κ2) is 5.60. The predicted molar refractivity (Wildman–Crippen MR) is 90.4 cm³/mol. The lowest BCUT2D eigenvalue weighted by molar-refractivity contribution is 0.968. The van der Waals surface area contributed by atoms with E-state index < -0.39 is 0 Å². The molecule has 0 radical (unpaired) electrons. The standard InChI is InChI=1S/C16H16Cl2N4/c17-10-3-6-12(18)14(7-10)20-15-8-13(9-1-2-9)21-16(22-15)19-11-4-5-11/h3,6-9,11H,1-2,4-5H2,(H2,19,20,21,22). The first kappa shape index (κ1) is 14.1. The van der Waals surface area contributed by atoms with Crippen LogP contribution in [-0.2, 0) is 0 Å². The Labute approximate surface area is 139 Å². The fraction of sp³-hybridized carbons (Fsp3) is 0.375. The first-order valence-electron chi connectivity index (χ1n) is 7.55. The first-order valence-corrected chi connectivity index (χ1v) is 8.30. The Morgan fingerprint density at radius 3 is 2.55 bits per heavy atom. The molecule has 1 heterocycles. The number of nitrogens with zero attached hydrogens (tertiary/aromatic N) is 2. The molecule has 4 nitrogen and oxygen atoms in total. The lowest BCUT2D eigenvalue weighted by Crippen LogP contribution is -2.08. The van der Waals surface area contributed by atoms with Gasteiger partial charge in [-0.2, -0.15) is 4.98 Å². The van der Waals surface area contributed by atoms with Crippen LogP contribution in [-0.4, -0.2) is 16.0 Å². The first-order chi connectivity index (χ1) is 10.7. The SMILES string of the molecule is Clc1ccc(Cl)c(Nc2cc(C3CC3)nc(NC3CC3)n2)c1. The van der Waals surface area contributed by atoms with Crippen LogP contribution in [0.5, 0.6) is 0 Å². The van der Waals surface area contributed by atoms with Gasteiger partial charge in [-0.1, -0.05) is 23.2 Å². The van der Waals surface area contributed by atoms with E-state index in [-0.39, 0.29) is 0 Å². The van der Waals surface area contributed by atoms with Crippen molar-refractivity contribution in [2.45, 2.75) is 37.6 Å². The van der Waals surface area contributed by atoms with E-state index in [1.165, 1.54) is 25.7 Å². The molecule has 2 aromatic rings. The van der Waals surface area contributed by atoms with Crippen LogP contribution in [0.3, 0.4) is 0 Å². The Morgan fingerprint density at radius 1 is 1.00 bits per heavy atom. The Bertz CT molecular complexity index is 711. The van der Waals surface area contributed by atoms with Crippen LogP contribution in [0.15, 0.2) is 24.3 Å². The minimum absolute atomic E-state index is 0.525. The number of nitrogens with one attached hydrogen (secondary N) is 2. The van der Waals surface area contributed by atoms with Gasteiger partial charge in [0.2, 0.25) is 5.95 Å². The zero-order chi connectivity index (χ0) is 15.1. The van der Waals surface area contributed by atoms with E-state index in [0.29, 0.717) is 28.0 Å². The van der Waals surface area contributed by atoms with Crippen molar-refractivity contribution >= 4 is 40.7 Å². The summed E-state index contributed by atoms with van der Waals surface area (Å²) in [5.41, 5.74) is 1.85.